The smallest absolute Gasteiger partial charge is 0.327 e. The fourth-order valence-electron chi connectivity index (χ4n) is 3.48. The molecule has 3 aromatic rings. The first-order valence-corrected chi connectivity index (χ1v) is 11.6. The number of hydrogen-bond acceptors (Lipinski definition) is 10. The fourth-order valence-corrected chi connectivity index (χ4v) is 4.10. The second-order valence-corrected chi connectivity index (χ2v) is 9.28. The Labute approximate surface area is 200 Å². The molecule has 4 rings (SSSR count). The van der Waals surface area contributed by atoms with Crippen LogP contribution in [0.1, 0.15) is 30.6 Å². The van der Waals surface area contributed by atoms with E-state index in [1.165, 1.54) is 28.4 Å². The summed E-state index contributed by atoms with van der Waals surface area (Å²) in [6.45, 7) is 5.26. The van der Waals surface area contributed by atoms with Gasteiger partial charge in [0, 0.05) is 38.9 Å². The number of ether oxygens (including phenoxy) is 2. The van der Waals surface area contributed by atoms with Gasteiger partial charge in [-0.15, -0.1) is 0 Å². The van der Waals surface area contributed by atoms with E-state index in [9.17, 15) is 9.18 Å². The van der Waals surface area contributed by atoms with Gasteiger partial charge in [-0.2, -0.15) is 15.0 Å². The first kappa shape index (κ1) is 23.8. The molecule has 1 fully saturated rings. The molecule has 1 aliphatic heterocycles. The number of thiazole rings is 1. The molecule has 180 valence electrons. The molecule has 0 saturated carbocycles. The van der Waals surface area contributed by atoms with Crippen LogP contribution in [0.3, 0.4) is 0 Å². The third-order valence-corrected chi connectivity index (χ3v) is 6.14. The second-order valence-electron chi connectivity index (χ2n) is 8.22. The summed E-state index contributed by atoms with van der Waals surface area (Å²) in [5.41, 5.74) is 6.00. The Kier molecular flexibility index (Phi) is 6.89. The van der Waals surface area contributed by atoms with Crippen molar-refractivity contribution >= 4 is 28.3 Å². The zero-order valence-corrected chi connectivity index (χ0v) is 20.2. The van der Waals surface area contributed by atoms with Crippen LogP contribution in [-0.4, -0.2) is 70.1 Å². The summed E-state index contributed by atoms with van der Waals surface area (Å²) in [5, 5.41) is 0.372. The zero-order chi connectivity index (χ0) is 24.4. The van der Waals surface area contributed by atoms with E-state index in [1.54, 1.807) is 20.3 Å². The summed E-state index contributed by atoms with van der Waals surface area (Å²) >= 11 is 1.23. The molecule has 34 heavy (non-hydrogen) atoms. The summed E-state index contributed by atoms with van der Waals surface area (Å²) in [7, 11) is 3.20. The molecule has 12 heteroatoms. The number of nitrogens with two attached hydrogens (primary N) is 1. The number of amides is 1. The van der Waals surface area contributed by atoms with Crippen molar-refractivity contribution in [1.82, 2.24) is 24.8 Å². The van der Waals surface area contributed by atoms with Crippen LogP contribution in [-0.2, 0) is 4.74 Å². The van der Waals surface area contributed by atoms with E-state index < -0.39 is 5.82 Å². The Hall–Kier alpha value is -3.38. The van der Waals surface area contributed by atoms with Crippen molar-refractivity contribution < 1.29 is 18.7 Å². The largest absolute Gasteiger partial charge is 0.421 e. The van der Waals surface area contributed by atoms with Crippen LogP contribution in [0.25, 0.3) is 10.7 Å². The monoisotopic (exact) mass is 487 g/mol. The van der Waals surface area contributed by atoms with E-state index in [4.69, 9.17) is 15.2 Å². The zero-order valence-electron chi connectivity index (χ0n) is 19.4. The lowest BCUT2D eigenvalue weighted by Gasteiger charge is -2.28. The van der Waals surface area contributed by atoms with Gasteiger partial charge in [0.05, 0.1) is 17.2 Å². The maximum absolute atomic E-state index is 14.8. The minimum absolute atomic E-state index is 0.0206. The lowest BCUT2D eigenvalue weighted by Crippen LogP contribution is -2.37. The molecule has 0 radical (unpaired) electrons. The number of anilines is 2. The highest BCUT2D eigenvalue weighted by Gasteiger charge is 2.26. The number of carbonyl (C=O) groups is 1. The van der Waals surface area contributed by atoms with Gasteiger partial charge < -0.3 is 25.0 Å². The number of rotatable bonds is 5. The van der Waals surface area contributed by atoms with Crippen molar-refractivity contribution in [2.45, 2.75) is 32.4 Å². The van der Waals surface area contributed by atoms with Gasteiger partial charge >= 0.3 is 6.01 Å². The molecule has 2 aromatic heterocycles. The average Bonchev–Trinajstić information content (AvgIpc) is 3.16. The van der Waals surface area contributed by atoms with Crippen LogP contribution in [0.4, 0.5) is 15.5 Å². The number of nitrogens with zero attached hydrogens (tertiary/aromatic N) is 6. The van der Waals surface area contributed by atoms with Crippen LogP contribution >= 0.6 is 11.3 Å². The third-order valence-electron chi connectivity index (χ3n) is 5.31. The molecule has 0 spiro atoms. The van der Waals surface area contributed by atoms with Crippen molar-refractivity contribution in [2.75, 3.05) is 37.9 Å². The maximum Gasteiger partial charge on any atom is 0.327 e. The topological polar surface area (TPSA) is 120 Å². The minimum atomic E-state index is -0.705. The normalized spacial score (nSPS) is 18.4. The molecule has 2 atom stereocenters. The Balaban J connectivity index is 1.72. The molecule has 0 bridgehead atoms. The highest BCUT2D eigenvalue weighted by molar-refractivity contribution is 7.18. The van der Waals surface area contributed by atoms with Crippen LogP contribution < -0.4 is 15.4 Å². The van der Waals surface area contributed by atoms with Crippen LogP contribution in [0.2, 0.25) is 0 Å². The van der Waals surface area contributed by atoms with Crippen molar-refractivity contribution in [3.8, 4) is 22.5 Å². The number of carbonyl (C=O) groups excluding carboxylic acids is 1. The predicted octanol–water partition coefficient (Wildman–Crippen LogP) is 3.21. The molecular weight excluding hydrogens is 461 g/mol. The van der Waals surface area contributed by atoms with Crippen molar-refractivity contribution in [1.29, 1.82) is 0 Å². The molecule has 10 nitrogen and oxygen atoms in total. The van der Waals surface area contributed by atoms with Crippen molar-refractivity contribution in [2.24, 2.45) is 0 Å². The van der Waals surface area contributed by atoms with Crippen LogP contribution in [0, 0.1) is 5.82 Å². The summed E-state index contributed by atoms with van der Waals surface area (Å²) < 4.78 is 26.3. The molecule has 1 aromatic carbocycles. The molecule has 2 N–H and O–H groups in total. The summed E-state index contributed by atoms with van der Waals surface area (Å²) in [6.07, 6.45) is 2.35. The number of aromatic nitrogens is 4. The van der Waals surface area contributed by atoms with Gasteiger partial charge in [-0.05, 0) is 38.5 Å². The molecule has 0 unspecified atom stereocenters. The SMILES string of the molecule is C[C@H]1CN(c2nc(Oc3ccc(C(=O)N(C)C)cc3F)nc(-c3cnc(N)s3)n2)[C@@H](C)CCO1. The minimum Gasteiger partial charge on any atom is -0.421 e. The summed E-state index contributed by atoms with van der Waals surface area (Å²) in [4.78, 5) is 33.7. The second kappa shape index (κ2) is 9.85. The van der Waals surface area contributed by atoms with Crippen LogP contribution in [0.15, 0.2) is 24.4 Å². The van der Waals surface area contributed by atoms with Gasteiger partial charge in [0.2, 0.25) is 5.95 Å². The van der Waals surface area contributed by atoms with E-state index in [-0.39, 0.29) is 35.4 Å². The Morgan fingerprint density at radius 3 is 2.76 bits per heavy atom. The Morgan fingerprint density at radius 1 is 1.29 bits per heavy atom. The number of hydrogen-bond donors (Lipinski definition) is 1. The van der Waals surface area contributed by atoms with Gasteiger partial charge in [-0.1, -0.05) is 11.3 Å². The third kappa shape index (κ3) is 5.23. The lowest BCUT2D eigenvalue weighted by molar-refractivity contribution is 0.0811. The fraction of sp³-hybridized carbons (Fsp3) is 0.409. The number of nitrogen functional groups attached to an aromatic ring is 1. The molecule has 1 aliphatic rings. The molecule has 3 heterocycles. The quantitative estimate of drug-likeness (QED) is 0.578. The standard InChI is InChI=1S/C22H26FN7O3S/c1-12-7-8-32-13(2)11-30(12)21-26-18(17-10-25-20(24)34-17)27-22(28-21)33-16-6-5-14(9-15(16)23)19(31)29(3)4/h5-6,9-10,12-13H,7-8,11H2,1-4H3,(H2,24,25)/t12-,13-/m0/s1. The predicted molar refractivity (Wildman–Crippen MR) is 127 cm³/mol. The summed E-state index contributed by atoms with van der Waals surface area (Å²) in [5.74, 6) is -0.425. The maximum atomic E-state index is 14.8. The van der Waals surface area contributed by atoms with E-state index >= 15 is 0 Å². The highest BCUT2D eigenvalue weighted by atomic mass is 32.1. The van der Waals surface area contributed by atoms with Gasteiger partial charge in [0.15, 0.2) is 22.5 Å². The molecule has 1 amide bonds. The van der Waals surface area contributed by atoms with Crippen molar-refractivity contribution in [3.63, 3.8) is 0 Å². The number of benzene rings is 1. The molecule has 0 aliphatic carbocycles. The average molecular weight is 488 g/mol. The van der Waals surface area contributed by atoms with Gasteiger partial charge in [0.25, 0.3) is 5.91 Å². The summed E-state index contributed by atoms with van der Waals surface area (Å²) in [6, 6.07) is 4.02. The van der Waals surface area contributed by atoms with Gasteiger partial charge in [-0.25, -0.2) is 9.37 Å². The Bertz CT molecular complexity index is 1190. The van der Waals surface area contributed by atoms with Crippen LogP contribution in [0.5, 0.6) is 11.8 Å². The van der Waals surface area contributed by atoms with Crippen molar-refractivity contribution in [3.05, 3.63) is 35.8 Å². The van der Waals surface area contributed by atoms with Gasteiger partial charge in [0.1, 0.15) is 0 Å². The number of halogens is 1. The van der Waals surface area contributed by atoms with E-state index in [0.717, 1.165) is 12.5 Å². The highest BCUT2D eigenvalue weighted by Crippen LogP contribution is 2.30. The van der Waals surface area contributed by atoms with E-state index in [0.29, 0.717) is 34.9 Å². The van der Waals surface area contributed by atoms with E-state index in [1.807, 2.05) is 11.8 Å². The first-order chi connectivity index (χ1) is 16.2. The Morgan fingerprint density at radius 2 is 2.09 bits per heavy atom. The first-order valence-electron chi connectivity index (χ1n) is 10.8. The lowest BCUT2D eigenvalue weighted by atomic mass is 10.2. The molecular formula is C22H26FN7O3S. The van der Waals surface area contributed by atoms with Gasteiger partial charge in [-0.3, -0.25) is 4.79 Å². The molecule has 1 saturated heterocycles. The van der Waals surface area contributed by atoms with E-state index in [2.05, 4.69) is 26.9 Å².